The van der Waals surface area contributed by atoms with Crippen LogP contribution in [-0.2, 0) is 20.7 Å². The summed E-state index contributed by atoms with van der Waals surface area (Å²) in [5.74, 6) is -0.214. The number of benzene rings is 3. The van der Waals surface area contributed by atoms with Crippen molar-refractivity contribution in [1.29, 1.82) is 0 Å². The molecule has 0 radical (unpaired) electrons. The van der Waals surface area contributed by atoms with Crippen LogP contribution in [-0.4, -0.2) is 66.8 Å². The van der Waals surface area contributed by atoms with Gasteiger partial charge in [-0.15, -0.1) is 0 Å². The van der Waals surface area contributed by atoms with Gasteiger partial charge in [0.15, 0.2) is 5.69 Å². The van der Waals surface area contributed by atoms with E-state index >= 15 is 0 Å². The Morgan fingerprint density at radius 2 is 1.40 bits per heavy atom. The van der Waals surface area contributed by atoms with Crippen molar-refractivity contribution in [2.75, 3.05) is 53.4 Å². The van der Waals surface area contributed by atoms with Crippen LogP contribution in [0.2, 0.25) is 0 Å². The lowest BCUT2D eigenvalue weighted by Crippen LogP contribution is -2.39. The van der Waals surface area contributed by atoms with Crippen LogP contribution in [0, 0.1) is 0 Å². The first kappa shape index (κ1) is 32.6. The Morgan fingerprint density at radius 3 is 2.06 bits per heavy atom. The van der Waals surface area contributed by atoms with E-state index in [1.54, 1.807) is 48.1 Å². The summed E-state index contributed by atoms with van der Waals surface area (Å²) in [5.41, 5.74) is 5.07. The number of amides is 3. The minimum absolute atomic E-state index is 0.135. The summed E-state index contributed by atoms with van der Waals surface area (Å²) >= 11 is 0. The molecular weight excluding hydrogens is 636 g/mol. The molecule has 0 saturated carbocycles. The fourth-order valence-corrected chi connectivity index (χ4v) is 6.67. The lowest BCUT2D eigenvalue weighted by Gasteiger charge is -2.30. The maximum atomic E-state index is 14.1. The molecule has 12 heteroatoms. The van der Waals surface area contributed by atoms with E-state index in [4.69, 9.17) is 9.47 Å². The summed E-state index contributed by atoms with van der Waals surface area (Å²) in [5, 5.41) is 7.81. The monoisotopic (exact) mass is 674 g/mol. The van der Waals surface area contributed by atoms with Crippen LogP contribution in [0.3, 0.4) is 0 Å². The van der Waals surface area contributed by atoms with Gasteiger partial charge in [-0.2, -0.15) is 5.10 Å². The fourth-order valence-electron chi connectivity index (χ4n) is 6.67. The maximum absolute atomic E-state index is 14.1. The van der Waals surface area contributed by atoms with Crippen LogP contribution in [0.4, 0.5) is 22.7 Å². The number of carbonyl (C=O) groups is 4. The van der Waals surface area contributed by atoms with Gasteiger partial charge in [-0.1, -0.05) is 6.08 Å². The number of piperidine rings is 1. The number of esters is 1. The third kappa shape index (κ3) is 6.20. The second kappa shape index (κ2) is 13.9. The Balaban J connectivity index is 1.07. The second-order valence-electron chi connectivity index (χ2n) is 12.3. The van der Waals surface area contributed by atoms with Gasteiger partial charge in [0.05, 0.1) is 19.4 Å². The number of nitrogens with one attached hydrogen (secondary N) is 1. The molecule has 0 atom stereocenters. The topological polar surface area (TPSA) is 126 Å². The minimum atomic E-state index is -0.566. The quantitative estimate of drug-likeness (QED) is 0.231. The van der Waals surface area contributed by atoms with Crippen molar-refractivity contribution in [3.63, 3.8) is 0 Å². The summed E-state index contributed by atoms with van der Waals surface area (Å²) < 4.78 is 12.0. The molecule has 1 N–H and O–H groups in total. The molecule has 3 aromatic carbocycles. The predicted molar refractivity (Wildman–Crippen MR) is 189 cm³/mol. The van der Waals surface area contributed by atoms with Gasteiger partial charge in [-0.25, -0.2) is 9.48 Å². The average Bonchev–Trinajstić information content (AvgIpc) is 3.54. The summed E-state index contributed by atoms with van der Waals surface area (Å²) in [7, 11) is 1.58. The van der Waals surface area contributed by atoms with Crippen molar-refractivity contribution in [3.05, 3.63) is 102 Å². The molecule has 7 rings (SSSR count). The van der Waals surface area contributed by atoms with Crippen molar-refractivity contribution in [1.82, 2.24) is 9.78 Å². The minimum Gasteiger partial charge on any atom is -0.497 e. The van der Waals surface area contributed by atoms with Gasteiger partial charge in [0.1, 0.15) is 17.1 Å². The van der Waals surface area contributed by atoms with Gasteiger partial charge in [-0.3, -0.25) is 14.4 Å². The van der Waals surface area contributed by atoms with E-state index in [9.17, 15) is 19.2 Å². The Kier molecular flexibility index (Phi) is 9.07. The van der Waals surface area contributed by atoms with Gasteiger partial charge in [-0.05, 0) is 105 Å². The molecule has 0 unspecified atom stereocenters. The molecule has 3 amide bonds. The first-order chi connectivity index (χ1) is 24.4. The first-order valence-corrected chi connectivity index (χ1v) is 16.9. The molecule has 256 valence electrons. The summed E-state index contributed by atoms with van der Waals surface area (Å²) in [4.78, 5) is 58.0. The number of hydrogen-bond donors (Lipinski definition) is 1. The molecule has 1 aromatic heterocycles. The molecular formula is C38H38N6O6. The Morgan fingerprint density at radius 1 is 0.760 bits per heavy atom. The predicted octanol–water partition coefficient (Wildman–Crippen LogP) is 5.51. The molecule has 0 aliphatic carbocycles. The number of methoxy groups -OCH3 is 1. The Bertz CT molecular complexity index is 1970. The zero-order chi connectivity index (χ0) is 34.8. The summed E-state index contributed by atoms with van der Waals surface area (Å²) in [6.45, 7) is 3.54. The van der Waals surface area contributed by atoms with Crippen molar-refractivity contribution in [2.45, 2.75) is 39.0 Å². The normalized spacial score (nSPS) is 16.2. The largest absolute Gasteiger partial charge is 0.497 e. The van der Waals surface area contributed by atoms with E-state index < -0.39 is 5.97 Å². The van der Waals surface area contributed by atoms with Gasteiger partial charge < -0.3 is 29.5 Å². The van der Waals surface area contributed by atoms with Crippen LogP contribution >= 0.6 is 0 Å². The van der Waals surface area contributed by atoms with E-state index in [0.29, 0.717) is 78.7 Å². The third-order valence-corrected chi connectivity index (χ3v) is 9.23. The van der Waals surface area contributed by atoms with Crippen molar-refractivity contribution < 1.29 is 28.7 Å². The highest BCUT2D eigenvalue weighted by molar-refractivity contribution is 6.10. The fraction of sp³-hybridized carbons (Fsp3) is 0.289. The lowest BCUT2D eigenvalue weighted by atomic mass is 10.0. The molecule has 0 spiro atoms. The van der Waals surface area contributed by atoms with E-state index in [2.05, 4.69) is 10.4 Å². The van der Waals surface area contributed by atoms with E-state index in [-0.39, 0.29) is 30.0 Å². The number of anilines is 4. The highest BCUT2D eigenvalue weighted by Crippen LogP contribution is 2.32. The van der Waals surface area contributed by atoms with Crippen LogP contribution in [0.5, 0.6) is 5.75 Å². The number of fused-ring (bicyclic) bond motifs is 1. The molecule has 4 heterocycles. The van der Waals surface area contributed by atoms with E-state index in [1.807, 2.05) is 59.5 Å². The number of carbonyl (C=O) groups excluding carboxylic acids is 4. The SMILES string of the molecule is CCOC(=O)c1nn(-c2ccc(OC)cc2)c2c1CCN(c1ccc(NC3=CCCN(c4ccc(N5CCCCC5=O)cc4)C3=O)cc1)C2=O. The number of hydrogen-bond acceptors (Lipinski definition) is 8. The van der Waals surface area contributed by atoms with Crippen LogP contribution in [0.25, 0.3) is 5.69 Å². The van der Waals surface area contributed by atoms with Crippen molar-refractivity contribution in [2.24, 2.45) is 0 Å². The lowest BCUT2D eigenvalue weighted by molar-refractivity contribution is -0.119. The van der Waals surface area contributed by atoms with Crippen molar-refractivity contribution in [3.8, 4) is 11.4 Å². The standard InChI is InChI=1S/C38H38N6O6/c1-3-50-38(48)34-31-21-24-43(37(47)35(31)44(40-34)29-17-19-30(49-2)20-18-29)27-11-9-25(10-12-27)39-32-7-6-23-42(36(32)46)28-15-13-26(14-16-28)41-22-5-4-8-33(41)45/h7,9-20,39H,3-6,8,21-24H2,1-2H3. The van der Waals surface area contributed by atoms with E-state index in [1.165, 1.54) is 4.68 Å². The number of nitrogens with zero attached hydrogens (tertiary/aromatic N) is 5. The van der Waals surface area contributed by atoms with Crippen LogP contribution in [0.15, 0.2) is 84.6 Å². The highest BCUT2D eigenvalue weighted by Gasteiger charge is 2.36. The average molecular weight is 675 g/mol. The van der Waals surface area contributed by atoms with E-state index in [0.717, 1.165) is 24.2 Å². The first-order valence-electron chi connectivity index (χ1n) is 16.9. The van der Waals surface area contributed by atoms with Gasteiger partial charge in [0, 0.05) is 54.4 Å². The number of rotatable bonds is 9. The molecule has 50 heavy (non-hydrogen) atoms. The molecule has 4 aromatic rings. The molecule has 3 aliphatic rings. The van der Waals surface area contributed by atoms with Gasteiger partial charge in [0.2, 0.25) is 5.91 Å². The second-order valence-corrected chi connectivity index (χ2v) is 12.3. The van der Waals surface area contributed by atoms with Crippen LogP contribution in [0.1, 0.15) is 59.1 Å². The Hall–Kier alpha value is -5.91. The molecule has 1 saturated heterocycles. The summed E-state index contributed by atoms with van der Waals surface area (Å²) in [6, 6.07) is 22.0. The maximum Gasteiger partial charge on any atom is 0.359 e. The molecule has 3 aliphatic heterocycles. The summed E-state index contributed by atoms with van der Waals surface area (Å²) in [6.07, 6.45) is 5.47. The number of aromatic nitrogens is 2. The third-order valence-electron chi connectivity index (χ3n) is 9.23. The van der Waals surface area contributed by atoms with Crippen LogP contribution < -0.4 is 24.8 Å². The van der Waals surface area contributed by atoms with Gasteiger partial charge in [0.25, 0.3) is 11.8 Å². The number of ether oxygens (including phenoxy) is 2. The van der Waals surface area contributed by atoms with Crippen molar-refractivity contribution >= 4 is 46.4 Å². The van der Waals surface area contributed by atoms with Gasteiger partial charge >= 0.3 is 5.97 Å². The molecule has 1 fully saturated rings. The molecule has 12 nitrogen and oxygen atoms in total. The molecule has 0 bridgehead atoms. The smallest absolute Gasteiger partial charge is 0.359 e. The Labute approximate surface area is 289 Å². The highest BCUT2D eigenvalue weighted by atomic mass is 16.5. The zero-order valence-electron chi connectivity index (χ0n) is 28.1. The zero-order valence-corrected chi connectivity index (χ0v) is 28.1.